The van der Waals surface area contributed by atoms with E-state index in [1.54, 1.807) is 0 Å². The van der Waals surface area contributed by atoms with Gasteiger partial charge in [-0.3, -0.25) is 4.99 Å². The number of likely N-dealkylation sites (tertiary alicyclic amines) is 1. The van der Waals surface area contributed by atoms with E-state index in [-0.39, 0.29) is 0 Å². The fourth-order valence-electron chi connectivity index (χ4n) is 2.58. The molecule has 0 radical (unpaired) electrons. The molecule has 23 heavy (non-hydrogen) atoms. The zero-order chi connectivity index (χ0) is 16.8. The number of unbranched alkanes of at least 4 members (excludes halogenated alkanes) is 1. The van der Waals surface area contributed by atoms with Crippen LogP contribution in [0.5, 0.6) is 0 Å². The van der Waals surface area contributed by atoms with Crippen LogP contribution in [0.3, 0.4) is 0 Å². The second kappa shape index (κ2) is 13.6. The minimum Gasteiger partial charge on any atom is -0.381 e. The van der Waals surface area contributed by atoms with Gasteiger partial charge in [0.05, 0.1) is 26.4 Å². The molecule has 6 heteroatoms. The fraction of sp³-hybridized carbons (Fsp3) is 0.941. The Morgan fingerprint density at radius 1 is 1.13 bits per heavy atom. The van der Waals surface area contributed by atoms with Crippen LogP contribution in [-0.2, 0) is 14.2 Å². The maximum absolute atomic E-state index is 5.56. The average molecular weight is 329 g/mol. The summed E-state index contributed by atoms with van der Waals surface area (Å²) in [5.41, 5.74) is 0. The number of ether oxygens (including phenoxy) is 3. The van der Waals surface area contributed by atoms with Crippen LogP contribution >= 0.6 is 0 Å². The number of nitrogens with zero attached hydrogens (tertiary/aromatic N) is 2. The Labute approximate surface area is 141 Å². The topological polar surface area (TPSA) is 55.3 Å². The molecule has 0 aromatic rings. The highest BCUT2D eigenvalue weighted by molar-refractivity contribution is 5.80. The Kier molecular flexibility index (Phi) is 11.9. The summed E-state index contributed by atoms with van der Waals surface area (Å²) in [4.78, 5) is 6.67. The molecule has 0 bridgehead atoms. The SMILES string of the molecule is CCCCOCCOCCNC(=NC)N1CCC(COCC)C1. The van der Waals surface area contributed by atoms with Gasteiger partial charge in [-0.15, -0.1) is 0 Å². The summed E-state index contributed by atoms with van der Waals surface area (Å²) in [7, 11) is 1.83. The summed E-state index contributed by atoms with van der Waals surface area (Å²) in [6.45, 7) is 11.5. The Morgan fingerprint density at radius 3 is 2.61 bits per heavy atom. The third-order valence-corrected chi connectivity index (χ3v) is 3.90. The molecule has 1 atom stereocenters. The Balaban J connectivity index is 2.04. The highest BCUT2D eigenvalue weighted by Gasteiger charge is 2.24. The minimum absolute atomic E-state index is 0.616. The lowest BCUT2D eigenvalue weighted by atomic mass is 10.1. The predicted octanol–water partition coefficient (Wildman–Crippen LogP) is 1.75. The monoisotopic (exact) mass is 329 g/mol. The van der Waals surface area contributed by atoms with E-state index in [2.05, 4.69) is 22.1 Å². The van der Waals surface area contributed by atoms with Crippen LogP contribution in [0.1, 0.15) is 33.1 Å². The zero-order valence-electron chi connectivity index (χ0n) is 15.2. The van der Waals surface area contributed by atoms with Crippen molar-refractivity contribution in [2.45, 2.75) is 33.1 Å². The molecule has 1 aliphatic heterocycles. The van der Waals surface area contributed by atoms with E-state index in [9.17, 15) is 0 Å². The minimum atomic E-state index is 0.616. The zero-order valence-corrected chi connectivity index (χ0v) is 15.2. The third-order valence-electron chi connectivity index (χ3n) is 3.90. The highest BCUT2D eigenvalue weighted by atomic mass is 16.5. The summed E-state index contributed by atoms with van der Waals surface area (Å²) >= 11 is 0. The fourth-order valence-corrected chi connectivity index (χ4v) is 2.58. The van der Waals surface area contributed by atoms with E-state index in [0.29, 0.717) is 25.7 Å². The molecule has 0 saturated carbocycles. The first-order valence-corrected chi connectivity index (χ1v) is 9.00. The van der Waals surface area contributed by atoms with Crippen molar-refractivity contribution in [1.29, 1.82) is 0 Å². The van der Waals surface area contributed by atoms with Gasteiger partial charge in [0.25, 0.3) is 0 Å². The summed E-state index contributed by atoms with van der Waals surface area (Å²) in [6, 6.07) is 0. The average Bonchev–Trinajstić information content (AvgIpc) is 3.03. The molecule has 0 spiro atoms. The van der Waals surface area contributed by atoms with Crippen molar-refractivity contribution < 1.29 is 14.2 Å². The maximum Gasteiger partial charge on any atom is 0.193 e. The number of guanidine groups is 1. The van der Waals surface area contributed by atoms with Gasteiger partial charge in [-0.2, -0.15) is 0 Å². The summed E-state index contributed by atoms with van der Waals surface area (Å²) < 4.78 is 16.5. The van der Waals surface area contributed by atoms with E-state index < -0.39 is 0 Å². The van der Waals surface area contributed by atoms with Gasteiger partial charge in [0.1, 0.15) is 0 Å². The molecule has 6 nitrogen and oxygen atoms in total. The number of hydrogen-bond acceptors (Lipinski definition) is 4. The van der Waals surface area contributed by atoms with Crippen molar-refractivity contribution >= 4 is 5.96 Å². The molecular formula is C17H35N3O3. The van der Waals surface area contributed by atoms with Crippen molar-refractivity contribution in [1.82, 2.24) is 10.2 Å². The number of rotatable bonds is 12. The second-order valence-corrected chi connectivity index (χ2v) is 5.81. The van der Waals surface area contributed by atoms with Crippen LogP contribution in [0.4, 0.5) is 0 Å². The van der Waals surface area contributed by atoms with Crippen molar-refractivity contribution in [3.8, 4) is 0 Å². The van der Waals surface area contributed by atoms with Crippen LogP contribution in [0.25, 0.3) is 0 Å². The number of aliphatic imine (C=N–C) groups is 1. The lowest BCUT2D eigenvalue weighted by Gasteiger charge is -2.21. The second-order valence-electron chi connectivity index (χ2n) is 5.81. The largest absolute Gasteiger partial charge is 0.381 e. The maximum atomic E-state index is 5.56. The molecule has 1 rings (SSSR count). The normalized spacial score (nSPS) is 18.7. The predicted molar refractivity (Wildman–Crippen MR) is 94.1 cm³/mol. The lowest BCUT2D eigenvalue weighted by Crippen LogP contribution is -2.41. The van der Waals surface area contributed by atoms with Gasteiger partial charge in [-0.1, -0.05) is 13.3 Å². The molecule has 1 aliphatic rings. The smallest absolute Gasteiger partial charge is 0.193 e. The van der Waals surface area contributed by atoms with E-state index in [1.807, 2.05) is 14.0 Å². The first-order chi connectivity index (χ1) is 11.3. The third kappa shape index (κ3) is 9.13. The van der Waals surface area contributed by atoms with Gasteiger partial charge in [-0.25, -0.2) is 0 Å². The Bertz CT molecular complexity index is 313. The molecule has 1 fully saturated rings. The van der Waals surface area contributed by atoms with Gasteiger partial charge in [0.2, 0.25) is 0 Å². The van der Waals surface area contributed by atoms with Gasteiger partial charge in [0.15, 0.2) is 5.96 Å². The molecule has 1 heterocycles. The van der Waals surface area contributed by atoms with Crippen molar-refractivity contribution in [2.75, 3.05) is 66.3 Å². The molecule has 0 aliphatic carbocycles. The van der Waals surface area contributed by atoms with Crippen molar-refractivity contribution in [2.24, 2.45) is 10.9 Å². The van der Waals surface area contributed by atoms with Crippen LogP contribution in [0, 0.1) is 5.92 Å². The lowest BCUT2D eigenvalue weighted by molar-refractivity contribution is 0.0486. The van der Waals surface area contributed by atoms with Crippen LogP contribution in [-0.4, -0.2) is 77.2 Å². The number of nitrogens with one attached hydrogen (secondary N) is 1. The van der Waals surface area contributed by atoms with Gasteiger partial charge in [0, 0.05) is 45.8 Å². The molecular weight excluding hydrogens is 294 g/mol. The summed E-state index contributed by atoms with van der Waals surface area (Å²) in [5.74, 6) is 1.58. The number of hydrogen-bond donors (Lipinski definition) is 1. The molecule has 0 aromatic carbocycles. The van der Waals surface area contributed by atoms with Crippen LogP contribution in [0.2, 0.25) is 0 Å². The first kappa shape index (κ1) is 20.2. The molecule has 1 saturated heterocycles. The van der Waals surface area contributed by atoms with Crippen molar-refractivity contribution in [3.05, 3.63) is 0 Å². The van der Waals surface area contributed by atoms with Gasteiger partial charge < -0.3 is 24.4 Å². The standard InChI is InChI=1S/C17H35N3O3/c1-4-6-10-22-12-13-23-11-8-19-17(18-3)20-9-7-16(14-20)15-21-5-2/h16H,4-15H2,1-3H3,(H,18,19). The van der Waals surface area contributed by atoms with E-state index in [4.69, 9.17) is 14.2 Å². The van der Waals surface area contributed by atoms with Gasteiger partial charge >= 0.3 is 0 Å². The molecule has 1 N–H and O–H groups in total. The Morgan fingerprint density at radius 2 is 1.91 bits per heavy atom. The van der Waals surface area contributed by atoms with E-state index >= 15 is 0 Å². The summed E-state index contributed by atoms with van der Waals surface area (Å²) in [6.07, 6.45) is 3.47. The first-order valence-electron chi connectivity index (χ1n) is 9.00. The molecule has 0 amide bonds. The van der Waals surface area contributed by atoms with E-state index in [1.165, 1.54) is 12.8 Å². The molecule has 0 aromatic heterocycles. The molecule has 1 unspecified atom stereocenters. The van der Waals surface area contributed by atoms with Crippen LogP contribution in [0.15, 0.2) is 4.99 Å². The highest BCUT2D eigenvalue weighted by Crippen LogP contribution is 2.16. The van der Waals surface area contributed by atoms with Crippen LogP contribution < -0.4 is 5.32 Å². The Hall–Kier alpha value is -0.850. The quantitative estimate of drug-likeness (QED) is 0.336. The van der Waals surface area contributed by atoms with Gasteiger partial charge in [-0.05, 0) is 19.8 Å². The molecule has 136 valence electrons. The summed E-state index contributed by atoms with van der Waals surface area (Å²) in [5, 5.41) is 3.37. The van der Waals surface area contributed by atoms with Crippen molar-refractivity contribution in [3.63, 3.8) is 0 Å². The van der Waals surface area contributed by atoms with E-state index in [0.717, 1.165) is 51.8 Å².